The van der Waals surface area contributed by atoms with Crippen LogP contribution in [-0.4, -0.2) is 34.9 Å². The van der Waals surface area contributed by atoms with Crippen LogP contribution in [0.15, 0.2) is 36.0 Å². The molecular weight excluding hydrogens is 340 g/mol. The Kier molecular flexibility index (Phi) is 4.99. The van der Waals surface area contributed by atoms with Crippen LogP contribution in [0.4, 0.5) is 5.69 Å². The minimum atomic E-state index is -0.128. The smallest absolute Gasteiger partial charge is 0.230 e. The van der Waals surface area contributed by atoms with Gasteiger partial charge < -0.3 is 14.8 Å². The number of hydrogen-bond donors (Lipinski definition) is 1. The largest absolute Gasteiger partial charge is 0.493 e. The Morgan fingerprint density at radius 3 is 2.76 bits per heavy atom. The van der Waals surface area contributed by atoms with Gasteiger partial charge in [-0.2, -0.15) is 5.10 Å². The third-order valence-electron chi connectivity index (χ3n) is 3.51. The van der Waals surface area contributed by atoms with Gasteiger partial charge in [-0.15, -0.1) is 11.3 Å². The fourth-order valence-corrected chi connectivity index (χ4v) is 3.16. The van der Waals surface area contributed by atoms with Gasteiger partial charge in [0.1, 0.15) is 5.01 Å². The minimum absolute atomic E-state index is 0.128. The van der Waals surface area contributed by atoms with Crippen molar-refractivity contribution in [3.05, 3.63) is 41.7 Å². The van der Waals surface area contributed by atoms with E-state index in [1.165, 1.54) is 11.3 Å². The Morgan fingerprint density at radius 1 is 1.28 bits per heavy atom. The summed E-state index contributed by atoms with van der Waals surface area (Å²) in [5.41, 5.74) is 2.31. The predicted octanol–water partition coefficient (Wildman–Crippen LogP) is 2.74. The maximum absolute atomic E-state index is 12.1. The molecule has 25 heavy (non-hydrogen) atoms. The molecule has 0 aliphatic carbocycles. The van der Waals surface area contributed by atoms with E-state index in [2.05, 4.69) is 15.4 Å². The lowest BCUT2D eigenvalue weighted by Gasteiger charge is -2.08. The van der Waals surface area contributed by atoms with Crippen LogP contribution in [0.25, 0.3) is 10.6 Å². The zero-order valence-electron chi connectivity index (χ0n) is 14.1. The molecule has 0 aliphatic heterocycles. The Labute approximate surface area is 149 Å². The number of amides is 1. The second-order valence-corrected chi connectivity index (χ2v) is 6.20. The summed E-state index contributed by atoms with van der Waals surface area (Å²) in [4.78, 5) is 16.6. The molecular formula is C17H18N4O3S. The average Bonchev–Trinajstić information content (AvgIpc) is 3.23. The highest BCUT2D eigenvalue weighted by Crippen LogP contribution is 2.33. The molecule has 3 rings (SSSR count). The quantitative estimate of drug-likeness (QED) is 0.733. The molecule has 0 spiro atoms. The number of ether oxygens (including phenoxy) is 2. The first-order chi connectivity index (χ1) is 12.1. The van der Waals surface area contributed by atoms with Crippen molar-refractivity contribution < 1.29 is 14.3 Å². The summed E-state index contributed by atoms with van der Waals surface area (Å²) in [6.07, 6.45) is 3.56. The average molecular weight is 358 g/mol. The predicted molar refractivity (Wildman–Crippen MR) is 96.2 cm³/mol. The molecule has 2 heterocycles. The zero-order valence-corrected chi connectivity index (χ0v) is 15.0. The summed E-state index contributed by atoms with van der Waals surface area (Å²) < 4.78 is 12.2. The number of thiazole rings is 1. The molecule has 0 unspecified atom stereocenters. The molecule has 0 fully saturated rings. The van der Waals surface area contributed by atoms with E-state index in [0.717, 1.165) is 16.3 Å². The number of rotatable bonds is 6. The molecule has 0 saturated heterocycles. The summed E-state index contributed by atoms with van der Waals surface area (Å²) in [5.74, 6) is 1.18. The van der Waals surface area contributed by atoms with Gasteiger partial charge in [0.15, 0.2) is 11.5 Å². The zero-order chi connectivity index (χ0) is 17.8. The van der Waals surface area contributed by atoms with E-state index < -0.39 is 0 Å². The summed E-state index contributed by atoms with van der Waals surface area (Å²) in [6, 6.07) is 5.63. The van der Waals surface area contributed by atoms with Crippen molar-refractivity contribution in [2.24, 2.45) is 7.05 Å². The van der Waals surface area contributed by atoms with Gasteiger partial charge in [0, 0.05) is 24.2 Å². The molecule has 0 atom stereocenters. The second-order valence-electron chi connectivity index (χ2n) is 5.34. The fraction of sp³-hybridized carbons (Fsp3) is 0.235. The van der Waals surface area contributed by atoms with Crippen molar-refractivity contribution >= 4 is 22.9 Å². The lowest BCUT2D eigenvalue weighted by Crippen LogP contribution is -2.14. The number of methoxy groups -OCH3 is 2. The molecule has 0 radical (unpaired) electrons. The highest BCUT2D eigenvalue weighted by Gasteiger charge is 2.12. The van der Waals surface area contributed by atoms with Gasteiger partial charge in [-0.05, 0) is 18.2 Å². The highest BCUT2D eigenvalue weighted by atomic mass is 32.1. The third-order valence-corrected chi connectivity index (χ3v) is 4.45. The molecule has 1 amide bonds. The lowest BCUT2D eigenvalue weighted by molar-refractivity contribution is -0.115. The first kappa shape index (κ1) is 17.0. The van der Waals surface area contributed by atoms with E-state index in [1.807, 2.05) is 23.6 Å². The first-order valence-corrected chi connectivity index (χ1v) is 8.42. The van der Waals surface area contributed by atoms with E-state index in [4.69, 9.17) is 9.47 Å². The summed E-state index contributed by atoms with van der Waals surface area (Å²) >= 11 is 1.48. The van der Waals surface area contributed by atoms with Crippen molar-refractivity contribution in [2.75, 3.05) is 19.5 Å². The van der Waals surface area contributed by atoms with Gasteiger partial charge in [0.2, 0.25) is 5.91 Å². The molecule has 1 N–H and O–H groups in total. The van der Waals surface area contributed by atoms with Crippen molar-refractivity contribution in [3.8, 4) is 22.1 Å². The van der Waals surface area contributed by atoms with Crippen LogP contribution in [0.1, 0.15) is 5.69 Å². The molecule has 8 heteroatoms. The number of anilines is 1. The number of hydrogen-bond acceptors (Lipinski definition) is 6. The van der Waals surface area contributed by atoms with Crippen LogP contribution in [0.3, 0.4) is 0 Å². The number of aromatic nitrogens is 3. The molecule has 1 aromatic carbocycles. The van der Waals surface area contributed by atoms with E-state index in [-0.39, 0.29) is 12.3 Å². The van der Waals surface area contributed by atoms with Gasteiger partial charge in [-0.25, -0.2) is 4.98 Å². The Balaban J connectivity index is 1.70. The SMILES string of the molecule is COc1ccc(-c2nc(CC(=O)Nc3cnn(C)c3)cs2)cc1OC. The summed E-state index contributed by atoms with van der Waals surface area (Å²) in [7, 11) is 4.99. The number of nitrogens with zero attached hydrogens (tertiary/aromatic N) is 3. The van der Waals surface area contributed by atoms with Gasteiger partial charge >= 0.3 is 0 Å². The number of carbonyl (C=O) groups is 1. The monoisotopic (exact) mass is 358 g/mol. The van der Waals surface area contributed by atoms with E-state index >= 15 is 0 Å². The third kappa shape index (κ3) is 3.97. The Hall–Kier alpha value is -2.87. The second kappa shape index (κ2) is 7.35. The van der Waals surface area contributed by atoms with Gasteiger partial charge in [0.25, 0.3) is 0 Å². The molecule has 7 nitrogen and oxygen atoms in total. The van der Waals surface area contributed by atoms with Crippen LogP contribution >= 0.6 is 11.3 Å². The van der Waals surface area contributed by atoms with Gasteiger partial charge in [0.05, 0.1) is 38.2 Å². The van der Waals surface area contributed by atoms with Gasteiger partial charge in [-0.3, -0.25) is 9.48 Å². The molecule has 130 valence electrons. The van der Waals surface area contributed by atoms with Crippen LogP contribution in [0, 0.1) is 0 Å². The number of aryl methyl sites for hydroxylation is 1. The Morgan fingerprint density at radius 2 is 2.08 bits per heavy atom. The number of carbonyl (C=O) groups excluding carboxylic acids is 1. The van der Waals surface area contributed by atoms with Crippen LogP contribution in [-0.2, 0) is 18.3 Å². The van der Waals surface area contributed by atoms with Crippen LogP contribution in [0.5, 0.6) is 11.5 Å². The number of nitrogens with one attached hydrogen (secondary N) is 1. The standard InChI is InChI=1S/C17H18N4O3S/c1-21-9-13(8-18-21)19-16(22)7-12-10-25-17(20-12)11-4-5-14(23-2)15(6-11)24-3/h4-6,8-10H,7H2,1-3H3,(H,19,22). The van der Waals surface area contributed by atoms with Crippen molar-refractivity contribution in [2.45, 2.75) is 6.42 Å². The summed E-state index contributed by atoms with van der Waals surface area (Å²) in [5, 5.41) is 9.52. The van der Waals surface area contributed by atoms with Crippen molar-refractivity contribution in [3.63, 3.8) is 0 Å². The van der Waals surface area contributed by atoms with Crippen LogP contribution in [0.2, 0.25) is 0 Å². The first-order valence-electron chi connectivity index (χ1n) is 7.54. The Bertz CT molecular complexity index is 888. The molecule has 0 bridgehead atoms. The minimum Gasteiger partial charge on any atom is -0.493 e. The van der Waals surface area contributed by atoms with E-state index in [9.17, 15) is 4.79 Å². The fourth-order valence-electron chi connectivity index (χ4n) is 2.35. The maximum Gasteiger partial charge on any atom is 0.230 e. The highest BCUT2D eigenvalue weighted by molar-refractivity contribution is 7.13. The number of benzene rings is 1. The van der Waals surface area contributed by atoms with Crippen molar-refractivity contribution in [1.82, 2.24) is 14.8 Å². The maximum atomic E-state index is 12.1. The van der Waals surface area contributed by atoms with Crippen LogP contribution < -0.4 is 14.8 Å². The van der Waals surface area contributed by atoms with E-state index in [0.29, 0.717) is 17.2 Å². The van der Waals surface area contributed by atoms with Crippen molar-refractivity contribution in [1.29, 1.82) is 0 Å². The van der Waals surface area contributed by atoms with Gasteiger partial charge in [-0.1, -0.05) is 0 Å². The topological polar surface area (TPSA) is 78.3 Å². The van der Waals surface area contributed by atoms with E-state index in [1.54, 1.807) is 38.3 Å². The molecule has 0 aliphatic rings. The normalized spacial score (nSPS) is 10.5. The molecule has 3 aromatic rings. The summed E-state index contributed by atoms with van der Waals surface area (Å²) in [6.45, 7) is 0. The molecule has 2 aromatic heterocycles. The lowest BCUT2D eigenvalue weighted by atomic mass is 10.2. The molecule has 0 saturated carbocycles.